The molecular weight excluding hydrogens is 990 g/mol. The van der Waals surface area contributed by atoms with Gasteiger partial charge >= 0.3 is 11.9 Å². The Kier molecular flexibility index (Phi) is 56.3. The molecule has 0 aliphatic rings. The zero-order valence-electron chi connectivity index (χ0n) is 51.1. The number of likely N-dealkylation sites (N-methyl/N-ethyl adjacent to an activating group) is 1. The molecular formula is C68H120NO8P. The van der Waals surface area contributed by atoms with Crippen LogP contribution in [0.25, 0.3) is 0 Å². The Bertz CT molecular complexity index is 1640. The van der Waals surface area contributed by atoms with Crippen LogP contribution in [0.3, 0.4) is 0 Å². The SMILES string of the molecule is CC/C=C\C/C=C\C/C=C\C/C=C\C/C=C\C/C=C\CCCCCCCCCCCCCCCCCCCCCCCCC(=O)OC(COC(=O)CCCCCCC/C=C\C/C=C\CCC)COP(=O)([O-])OCC[N+](C)(C)C. The minimum Gasteiger partial charge on any atom is -0.756 e. The molecule has 0 fully saturated rings. The van der Waals surface area contributed by atoms with Crippen LogP contribution in [0.1, 0.15) is 271 Å². The first-order valence-electron chi connectivity index (χ1n) is 31.9. The summed E-state index contributed by atoms with van der Waals surface area (Å²) in [5, 5.41) is 0. The molecule has 0 spiro atoms. The number of quaternary nitrogens is 1. The largest absolute Gasteiger partial charge is 0.756 e. The smallest absolute Gasteiger partial charge is 0.306 e. The van der Waals surface area contributed by atoms with Gasteiger partial charge in [0.15, 0.2) is 6.10 Å². The van der Waals surface area contributed by atoms with Gasteiger partial charge in [-0.05, 0) is 89.9 Å². The quantitative estimate of drug-likeness (QED) is 0.0195. The van der Waals surface area contributed by atoms with Gasteiger partial charge in [0.05, 0.1) is 27.7 Å². The van der Waals surface area contributed by atoms with Crippen LogP contribution < -0.4 is 4.89 Å². The molecule has 0 aliphatic carbocycles. The zero-order valence-corrected chi connectivity index (χ0v) is 52.0. The number of hydrogen-bond acceptors (Lipinski definition) is 8. The normalized spacial score (nSPS) is 13.9. The molecule has 0 heterocycles. The maximum Gasteiger partial charge on any atom is 0.306 e. The van der Waals surface area contributed by atoms with Crippen molar-refractivity contribution in [2.45, 2.75) is 277 Å². The van der Waals surface area contributed by atoms with Gasteiger partial charge in [-0.2, -0.15) is 0 Å². The van der Waals surface area contributed by atoms with Crippen LogP contribution in [-0.2, 0) is 32.7 Å². The number of unbranched alkanes of at least 4 members (excludes halogenated alkanes) is 28. The second-order valence-electron chi connectivity index (χ2n) is 22.4. The summed E-state index contributed by atoms with van der Waals surface area (Å²) in [5.74, 6) is -0.845. The fourth-order valence-electron chi connectivity index (χ4n) is 8.70. The van der Waals surface area contributed by atoms with Gasteiger partial charge in [-0.1, -0.05) is 265 Å². The number of ether oxygens (including phenoxy) is 2. The van der Waals surface area contributed by atoms with Gasteiger partial charge in [-0.15, -0.1) is 0 Å². The first-order chi connectivity index (χ1) is 38.0. The van der Waals surface area contributed by atoms with E-state index in [1.807, 2.05) is 21.1 Å². The van der Waals surface area contributed by atoms with Crippen molar-refractivity contribution in [3.63, 3.8) is 0 Å². The van der Waals surface area contributed by atoms with E-state index in [-0.39, 0.29) is 26.1 Å². The van der Waals surface area contributed by atoms with E-state index in [0.29, 0.717) is 23.9 Å². The molecule has 0 saturated heterocycles. The summed E-state index contributed by atoms with van der Waals surface area (Å²) in [4.78, 5) is 37.8. The summed E-state index contributed by atoms with van der Waals surface area (Å²) in [6, 6.07) is 0. The molecule has 450 valence electrons. The average molecular weight is 1110 g/mol. The van der Waals surface area contributed by atoms with Crippen LogP contribution in [0.2, 0.25) is 0 Å². The molecule has 0 amide bonds. The molecule has 0 N–H and O–H groups in total. The van der Waals surface area contributed by atoms with Crippen molar-refractivity contribution in [3.8, 4) is 0 Å². The minimum atomic E-state index is -4.64. The summed E-state index contributed by atoms with van der Waals surface area (Å²) in [6.45, 7) is 4.05. The Hall–Kier alpha value is -3.07. The summed E-state index contributed by atoms with van der Waals surface area (Å²) in [6.07, 6.45) is 80.7. The number of phosphoric acid groups is 1. The van der Waals surface area contributed by atoms with Crippen LogP contribution in [0.15, 0.2) is 97.2 Å². The third-order valence-electron chi connectivity index (χ3n) is 13.6. The summed E-state index contributed by atoms with van der Waals surface area (Å²) < 4.78 is 34.1. The van der Waals surface area contributed by atoms with E-state index in [1.165, 1.54) is 128 Å². The standard InChI is InChI=1S/C68H120NO8P/c1-6-8-10-12-14-16-18-20-21-22-23-24-25-26-27-28-29-30-31-32-33-34-35-36-37-38-39-40-41-42-43-44-45-46-47-49-51-53-55-57-59-61-68(71)77-66(65-76-78(72,73)75-63-62-69(3,4)5)64-74-67(70)60-58-56-54-52-50-48-19-17-15-13-11-9-7-2/h8,10-11,13-14,16-17,19-21,23-24,26-27,29-30,66H,6-7,9,12,15,18,22,25,28,31-65H2,1-5H3/b10-8-,13-11-,16-14-,19-17-,21-20-,24-23-,27-26-,30-29-. The number of rotatable bonds is 58. The lowest BCUT2D eigenvalue weighted by atomic mass is 10.0. The highest BCUT2D eigenvalue weighted by Gasteiger charge is 2.22. The second kappa shape index (κ2) is 58.6. The molecule has 0 aliphatic heterocycles. The molecule has 78 heavy (non-hydrogen) atoms. The molecule has 2 unspecified atom stereocenters. The fourth-order valence-corrected chi connectivity index (χ4v) is 9.43. The Morgan fingerprint density at radius 1 is 0.410 bits per heavy atom. The van der Waals surface area contributed by atoms with E-state index >= 15 is 0 Å². The molecule has 9 nitrogen and oxygen atoms in total. The maximum atomic E-state index is 12.8. The van der Waals surface area contributed by atoms with Crippen LogP contribution in [0, 0.1) is 0 Å². The predicted octanol–water partition coefficient (Wildman–Crippen LogP) is 19.7. The van der Waals surface area contributed by atoms with Gasteiger partial charge in [-0.25, -0.2) is 0 Å². The molecule has 10 heteroatoms. The number of carbonyl (C=O) groups excluding carboxylic acids is 2. The van der Waals surface area contributed by atoms with Gasteiger partial charge in [-0.3, -0.25) is 14.2 Å². The number of nitrogens with zero attached hydrogens (tertiary/aromatic N) is 1. The van der Waals surface area contributed by atoms with E-state index in [4.69, 9.17) is 18.5 Å². The maximum absolute atomic E-state index is 12.8. The molecule has 2 atom stereocenters. The van der Waals surface area contributed by atoms with Crippen LogP contribution in [-0.4, -0.2) is 70.0 Å². The first kappa shape index (κ1) is 74.9. The number of carbonyl (C=O) groups is 2. The Morgan fingerprint density at radius 2 is 0.731 bits per heavy atom. The van der Waals surface area contributed by atoms with E-state index in [1.54, 1.807) is 0 Å². The molecule has 0 aromatic rings. The molecule has 0 bridgehead atoms. The van der Waals surface area contributed by atoms with Gasteiger partial charge in [0.2, 0.25) is 0 Å². The molecule has 0 rings (SSSR count). The van der Waals surface area contributed by atoms with Crippen molar-refractivity contribution in [3.05, 3.63) is 97.2 Å². The van der Waals surface area contributed by atoms with Crippen LogP contribution >= 0.6 is 7.82 Å². The lowest BCUT2D eigenvalue weighted by Crippen LogP contribution is -2.37. The first-order valence-corrected chi connectivity index (χ1v) is 33.4. The van der Waals surface area contributed by atoms with Crippen molar-refractivity contribution >= 4 is 19.8 Å². The minimum absolute atomic E-state index is 0.0346. The average Bonchev–Trinajstić information content (AvgIpc) is 3.40. The van der Waals surface area contributed by atoms with E-state index in [9.17, 15) is 19.0 Å². The Morgan fingerprint density at radius 3 is 1.09 bits per heavy atom. The van der Waals surface area contributed by atoms with E-state index in [2.05, 4.69) is 111 Å². The third-order valence-corrected chi connectivity index (χ3v) is 14.5. The van der Waals surface area contributed by atoms with Crippen molar-refractivity contribution in [2.24, 2.45) is 0 Å². The van der Waals surface area contributed by atoms with Gasteiger partial charge in [0.25, 0.3) is 7.82 Å². The van der Waals surface area contributed by atoms with Gasteiger partial charge in [0.1, 0.15) is 19.8 Å². The van der Waals surface area contributed by atoms with Crippen LogP contribution in [0.4, 0.5) is 0 Å². The third kappa shape index (κ3) is 62.1. The van der Waals surface area contributed by atoms with Crippen molar-refractivity contribution in [1.82, 2.24) is 0 Å². The summed E-state index contributed by atoms with van der Waals surface area (Å²) >= 11 is 0. The van der Waals surface area contributed by atoms with E-state index in [0.717, 1.165) is 103 Å². The Balaban J connectivity index is 3.90. The summed E-state index contributed by atoms with van der Waals surface area (Å²) in [7, 11) is 1.16. The van der Waals surface area contributed by atoms with Gasteiger partial charge < -0.3 is 27.9 Å². The molecule has 0 saturated carbocycles. The van der Waals surface area contributed by atoms with Crippen LogP contribution in [0.5, 0.6) is 0 Å². The summed E-state index contributed by atoms with van der Waals surface area (Å²) in [5.41, 5.74) is 0. The van der Waals surface area contributed by atoms with Gasteiger partial charge in [0, 0.05) is 12.8 Å². The number of allylic oxidation sites excluding steroid dienone is 16. The number of esters is 2. The molecule has 0 aromatic carbocycles. The second-order valence-corrected chi connectivity index (χ2v) is 23.8. The van der Waals surface area contributed by atoms with Crippen molar-refractivity contribution in [2.75, 3.05) is 47.5 Å². The topological polar surface area (TPSA) is 111 Å². The zero-order chi connectivity index (χ0) is 57.0. The molecule has 0 aromatic heterocycles. The number of phosphoric ester groups is 1. The van der Waals surface area contributed by atoms with E-state index < -0.39 is 32.5 Å². The fraction of sp³-hybridized carbons (Fsp3) is 0.735. The highest BCUT2D eigenvalue weighted by atomic mass is 31.2. The Labute approximate surface area is 481 Å². The highest BCUT2D eigenvalue weighted by Crippen LogP contribution is 2.38. The number of hydrogen-bond donors (Lipinski definition) is 0. The lowest BCUT2D eigenvalue weighted by Gasteiger charge is -2.28. The molecule has 0 radical (unpaired) electrons. The highest BCUT2D eigenvalue weighted by molar-refractivity contribution is 7.45. The predicted molar refractivity (Wildman–Crippen MR) is 332 cm³/mol. The lowest BCUT2D eigenvalue weighted by molar-refractivity contribution is -0.870. The van der Waals surface area contributed by atoms with Crippen molar-refractivity contribution in [1.29, 1.82) is 0 Å². The monoisotopic (exact) mass is 1110 g/mol. The van der Waals surface area contributed by atoms with Crippen molar-refractivity contribution < 1.29 is 42.1 Å².